The highest BCUT2D eigenvalue weighted by Gasteiger charge is 2.17. The van der Waals surface area contributed by atoms with E-state index in [4.69, 9.17) is 4.74 Å². The van der Waals surface area contributed by atoms with Gasteiger partial charge >= 0.3 is 0 Å². The summed E-state index contributed by atoms with van der Waals surface area (Å²) in [4.78, 5) is 13.1. The first kappa shape index (κ1) is 23.2. The number of hydrogen-bond acceptors (Lipinski definition) is 4. The minimum Gasteiger partial charge on any atom is -0.618 e. The molecule has 0 saturated carbocycles. The van der Waals surface area contributed by atoms with Gasteiger partial charge in [-0.3, -0.25) is 4.79 Å². The first-order valence-electron chi connectivity index (χ1n) is 11.8. The van der Waals surface area contributed by atoms with Crippen LogP contribution in [-0.2, 0) is 11.2 Å². The van der Waals surface area contributed by atoms with Crippen LogP contribution < -0.4 is 14.8 Å². The monoisotopic (exact) mass is 478 g/mol. The molecule has 6 nitrogen and oxygen atoms in total. The number of fused-ring (bicyclic) bond motifs is 1. The lowest BCUT2D eigenvalue weighted by Crippen LogP contribution is -2.31. The van der Waals surface area contributed by atoms with Crippen LogP contribution in [0.5, 0.6) is 11.5 Å². The van der Waals surface area contributed by atoms with E-state index in [0.717, 1.165) is 28.0 Å². The SMILES string of the molecule is Cc1ccc(-c2ccc3c(c2)C=C(C(=O)Nc2ccc(Cc4c(O)ccc[n+]4[O-])cc2)CCO3)cc1. The van der Waals surface area contributed by atoms with Gasteiger partial charge in [-0.1, -0.05) is 48.0 Å². The third kappa shape index (κ3) is 5.08. The molecule has 3 aromatic carbocycles. The smallest absolute Gasteiger partial charge is 0.251 e. The molecule has 0 bridgehead atoms. The highest BCUT2D eigenvalue weighted by molar-refractivity contribution is 6.07. The highest BCUT2D eigenvalue weighted by atomic mass is 16.5. The highest BCUT2D eigenvalue weighted by Crippen LogP contribution is 2.31. The molecule has 2 N–H and O–H groups in total. The molecule has 0 unspecified atom stereocenters. The number of carbonyl (C=O) groups excluding carboxylic acids is 1. The number of rotatable bonds is 5. The molecule has 0 fully saturated rings. The van der Waals surface area contributed by atoms with Crippen LogP contribution in [0.1, 0.15) is 28.8 Å². The van der Waals surface area contributed by atoms with Crippen LogP contribution in [0.15, 0.2) is 90.6 Å². The molecule has 6 heteroatoms. The molecule has 0 saturated heterocycles. The van der Waals surface area contributed by atoms with Gasteiger partial charge in [0, 0.05) is 29.3 Å². The van der Waals surface area contributed by atoms with Crippen molar-refractivity contribution in [1.82, 2.24) is 0 Å². The van der Waals surface area contributed by atoms with E-state index in [1.165, 1.54) is 23.9 Å². The summed E-state index contributed by atoms with van der Waals surface area (Å²) in [6, 6.07) is 24.6. The maximum absolute atomic E-state index is 13.1. The minimum atomic E-state index is -0.182. The second-order valence-electron chi connectivity index (χ2n) is 8.88. The molecular weight excluding hydrogens is 452 g/mol. The maximum Gasteiger partial charge on any atom is 0.251 e. The number of anilines is 1. The number of aryl methyl sites for hydroxylation is 1. The van der Waals surface area contributed by atoms with E-state index in [1.807, 2.05) is 30.3 Å². The molecule has 4 aromatic rings. The third-order valence-electron chi connectivity index (χ3n) is 6.27. The fourth-order valence-corrected chi connectivity index (χ4v) is 4.22. The molecule has 0 spiro atoms. The minimum absolute atomic E-state index is 0.0433. The van der Waals surface area contributed by atoms with Gasteiger partial charge in [-0.2, -0.15) is 4.73 Å². The normalized spacial score (nSPS) is 12.6. The Bertz CT molecular complexity index is 1420. The van der Waals surface area contributed by atoms with Crippen LogP contribution in [0, 0.1) is 12.1 Å². The predicted molar refractivity (Wildman–Crippen MR) is 140 cm³/mol. The number of aromatic hydroxyl groups is 1. The number of benzene rings is 3. The van der Waals surface area contributed by atoms with Crippen LogP contribution in [0.3, 0.4) is 0 Å². The summed E-state index contributed by atoms with van der Waals surface area (Å²) in [5, 5.41) is 24.9. The Morgan fingerprint density at radius 3 is 2.53 bits per heavy atom. The summed E-state index contributed by atoms with van der Waals surface area (Å²) in [6.45, 7) is 2.48. The number of amides is 1. The van der Waals surface area contributed by atoms with E-state index in [1.54, 1.807) is 12.1 Å². The Kier molecular flexibility index (Phi) is 6.41. The number of hydrogen-bond donors (Lipinski definition) is 2. The van der Waals surface area contributed by atoms with E-state index in [9.17, 15) is 15.1 Å². The molecule has 1 aromatic heterocycles. The number of carbonyl (C=O) groups is 1. The molecule has 0 radical (unpaired) electrons. The Morgan fingerprint density at radius 2 is 1.78 bits per heavy atom. The first-order valence-corrected chi connectivity index (χ1v) is 11.8. The molecule has 36 heavy (non-hydrogen) atoms. The van der Waals surface area contributed by atoms with Crippen molar-refractivity contribution in [1.29, 1.82) is 0 Å². The Labute approximate surface area is 209 Å². The van der Waals surface area contributed by atoms with Gasteiger partial charge in [0.05, 0.1) is 13.0 Å². The molecule has 5 rings (SSSR count). The van der Waals surface area contributed by atoms with Gasteiger partial charge in [0.2, 0.25) is 5.69 Å². The zero-order valence-electron chi connectivity index (χ0n) is 19.9. The van der Waals surface area contributed by atoms with Crippen LogP contribution in [-0.4, -0.2) is 17.6 Å². The zero-order chi connectivity index (χ0) is 25.1. The second-order valence-corrected chi connectivity index (χ2v) is 8.88. The van der Waals surface area contributed by atoms with Crippen molar-refractivity contribution in [2.24, 2.45) is 0 Å². The van der Waals surface area contributed by atoms with Gasteiger partial charge < -0.3 is 20.4 Å². The Hall–Kier alpha value is -4.58. The molecular formula is C30H26N2O4. The third-order valence-corrected chi connectivity index (χ3v) is 6.27. The quantitative estimate of drug-likeness (QED) is 0.297. The molecule has 1 aliphatic heterocycles. The average molecular weight is 479 g/mol. The van der Waals surface area contributed by atoms with Gasteiger partial charge in [-0.15, -0.1) is 0 Å². The average Bonchev–Trinajstić information content (AvgIpc) is 3.10. The fourth-order valence-electron chi connectivity index (χ4n) is 4.22. The van der Waals surface area contributed by atoms with Crippen LogP contribution in [0.4, 0.5) is 5.69 Å². The second kappa shape index (κ2) is 9.96. The number of nitrogens with zero attached hydrogens (tertiary/aromatic N) is 1. The fraction of sp³-hybridized carbons (Fsp3) is 0.133. The summed E-state index contributed by atoms with van der Waals surface area (Å²) in [5.74, 6) is 0.536. The van der Waals surface area contributed by atoms with Gasteiger partial charge in [-0.05, 0) is 60.0 Å². The van der Waals surface area contributed by atoms with E-state index in [0.29, 0.717) is 29.0 Å². The molecule has 2 heterocycles. The van der Waals surface area contributed by atoms with Gasteiger partial charge in [0.15, 0.2) is 11.9 Å². The standard InChI is InChI=1S/C30H26N2O4/c1-20-4-8-22(9-5-20)23-10-13-29-25(18-23)19-24(14-16-36-29)30(34)31-26-11-6-21(7-12-26)17-27-28(33)3-2-15-32(27)35/h2-13,15,18-19,33H,14,16-17H2,1H3,(H,31,34). The molecule has 1 amide bonds. The zero-order valence-corrected chi connectivity index (χ0v) is 19.9. The van der Waals surface area contributed by atoms with Gasteiger partial charge in [0.1, 0.15) is 5.75 Å². The largest absolute Gasteiger partial charge is 0.618 e. The molecule has 1 aliphatic rings. The van der Waals surface area contributed by atoms with Gasteiger partial charge in [0.25, 0.3) is 5.91 Å². The van der Waals surface area contributed by atoms with Crippen molar-refractivity contribution < 1.29 is 19.4 Å². The van der Waals surface area contributed by atoms with E-state index < -0.39 is 0 Å². The number of aromatic nitrogens is 1. The van der Waals surface area contributed by atoms with Crippen molar-refractivity contribution in [3.8, 4) is 22.6 Å². The lowest BCUT2D eigenvalue weighted by molar-refractivity contribution is -0.614. The van der Waals surface area contributed by atoms with Crippen molar-refractivity contribution in [3.05, 3.63) is 118 Å². The van der Waals surface area contributed by atoms with Crippen LogP contribution in [0.25, 0.3) is 17.2 Å². The molecule has 0 aliphatic carbocycles. The summed E-state index contributed by atoms with van der Waals surface area (Å²) in [6.07, 6.45) is 4.03. The lowest BCUT2D eigenvalue weighted by atomic mass is 10.00. The summed E-state index contributed by atoms with van der Waals surface area (Å²) < 4.78 is 6.56. The first-order chi connectivity index (χ1) is 17.5. The number of ether oxygens (including phenoxy) is 1. The topological polar surface area (TPSA) is 85.5 Å². The lowest BCUT2D eigenvalue weighted by Gasteiger charge is -2.09. The summed E-state index contributed by atoms with van der Waals surface area (Å²) >= 11 is 0. The predicted octanol–water partition coefficient (Wildman–Crippen LogP) is 5.40. The van der Waals surface area contributed by atoms with Crippen molar-refractivity contribution >= 4 is 17.7 Å². The van der Waals surface area contributed by atoms with Gasteiger partial charge in [-0.25, -0.2) is 0 Å². The van der Waals surface area contributed by atoms with Crippen LogP contribution >= 0.6 is 0 Å². The van der Waals surface area contributed by atoms with E-state index in [2.05, 4.69) is 42.6 Å². The van der Waals surface area contributed by atoms with E-state index >= 15 is 0 Å². The Balaban J connectivity index is 1.32. The van der Waals surface area contributed by atoms with Crippen molar-refractivity contribution in [2.45, 2.75) is 19.8 Å². The van der Waals surface area contributed by atoms with Crippen molar-refractivity contribution in [3.63, 3.8) is 0 Å². The van der Waals surface area contributed by atoms with Crippen molar-refractivity contribution in [2.75, 3.05) is 11.9 Å². The number of nitrogens with one attached hydrogen (secondary N) is 1. The number of pyridine rings is 1. The summed E-state index contributed by atoms with van der Waals surface area (Å²) in [7, 11) is 0. The van der Waals surface area contributed by atoms with E-state index in [-0.39, 0.29) is 23.8 Å². The summed E-state index contributed by atoms with van der Waals surface area (Å²) in [5.41, 5.74) is 6.67. The molecule has 0 atom stereocenters. The van der Waals surface area contributed by atoms with Crippen LogP contribution in [0.2, 0.25) is 0 Å². The molecule has 180 valence electrons. The maximum atomic E-state index is 13.1. The Morgan fingerprint density at radius 1 is 1.03 bits per heavy atom.